The number of phenolic OH excluding ortho intramolecular Hbond substituents is 1. The molecule has 0 spiro atoms. The van der Waals surface area contributed by atoms with Crippen molar-refractivity contribution in [2.24, 2.45) is 0 Å². The number of nitrogens with zero attached hydrogens (tertiary/aromatic N) is 1. The Kier molecular flexibility index (Phi) is 4.28. The van der Waals surface area contributed by atoms with Gasteiger partial charge >= 0.3 is 5.69 Å². The lowest BCUT2D eigenvalue weighted by Crippen LogP contribution is -2.14. The molecule has 0 aliphatic heterocycles. The lowest BCUT2D eigenvalue weighted by atomic mass is 10.2. The Morgan fingerprint density at radius 1 is 1.62 bits per heavy atom. The van der Waals surface area contributed by atoms with Gasteiger partial charge in [0, 0.05) is 24.2 Å². The molecule has 0 aliphatic rings. The number of hydrogen-bond donors (Lipinski definition) is 2. The normalized spacial score (nSPS) is 10.1. The highest BCUT2D eigenvalue weighted by Crippen LogP contribution is 2.26. The molecule has 0 unspecified atom stereocenters. The second-order valence-corrected chi connectivity index (χ2v) is 3.74. The van der Waals surface area contributed by atoms with Gasteiger partial charge in [-0.3, -0.25) is 10.1 Å². The van der Waals surface area contributed by atoms with Gasteiger partial charge in [0.15, 0.2) is 5.75 Å². The molecule has 0 bridgehead atoms. The minimum atomic E-state index is -0.626. The summed E-state index contributed by atoms with van der Waals surface area (Å²) in [7, 11) is 0. The first-order chi connectivity index (χ1) is 7.50. The number of halogens is 1. The van der Waals surface area contributed by atoms with Crippen LogP contribution in [0.4, 0.5) is 5.69 Å². The van der Waals surface area contributed by atoms with Crippen LogP contribution >= 0.6 is 11.6 Å². The van der Waals surface area contributed by atoms with Crippen molar-refractivity contribution in [1.82, 2.24) is 5.32 Å². The predicted octanol–water partition coefficient (Wildman–Crippen LogP) is 2.14. The molecule has 0 amide bonds. The topological polar surface area (TPSA) is 75.4 Å². The molecule has 5 nitrogen and oxygen atoms in total. The number of hydrogen-bond acceptors (Lipinski definition) is 4. The van der Waals surface area contributed by atoms with Crippen molar-refractivity contribution < 1.29 is 10.0 Å². The summed E-state index contributed by atoms with van der Waals surface area (Å²) >= 11 is 5.55. The Morgan fingerprint density at radius 3 is 2.88 bits per heavy atom. The number of nitro groups is 1. The second-order valence-electron chi connectivity index (χ2n) is 3.20. The van der Waals surface area contributed by atoms with E-state index in [1.807, 2.05) is 0 Å². The van der Waals surface area contributed by atoms with Crippen LogP contribution in [0.1, 0.15) is 5.56 Å². The van der Waals surface area contributed by atoms with E-state index in [0.717, 1.165) is 0 Å². The summed E-state index contributed by atoms with van der Waals surface area (Å²) in [6.07, 6.45) is 0. The van der Waals surface area contributed by atoms with Gasteiger partial charge in [0.1, 0.15) is 0 Å². The fraction of sp³-hybridized carbons (Fsp3) is 0.200. The number of nitrogens with one attached hydrogen (secondary N) is 1. The summed E-state index contributed by atoms with van der Waals surface area (Å²) in [5.74, 6) is -0.337. The van der Waals surface area contributed by atoms with Crippen LogP contribution < -0.4 is 5.32 Å². The van der Waals surface area contributed by atoms with Gasteiger partial charge in [-0.05, 0) is 11.6 Å². The molecule has 1 aromatic carbocycles. The Morgan fingerprint density at radius 2 is 2.31 bits per heavy atom. The third-order valence-corrected chi connectivity index (χ3v) is 2.02. The van der Waals surface area contributed by atoms with Crippen molar-refractivity contribution in [2.75, 3.05) is 6.54 Å². The van der Waals surface area contributed by atoms with Crippen LogP contribution in [0.25, 0.3) is 0 Å². The van der Waals surface area contributed by atoms with E-state index in [9.17, 15) is 15.2 Å². The average Bonchev–Trinajstić information content (AvgIpc) is 2.19. The molecule has 0 saturated carbocycles. The van der Waals surface area contributed by atoms with Crippen LogP contribution in [0.3, 0.4) is 0 Å². The van der Waals surface area contributed by atoms with Gasteiger partial charge in [-0.2, -0.15) is 0 Å². The van der Waals surface area contributed by atoms with E-state index in [1.165, 1.54) is 12.1 Å². The van der Waals surface area contributed by atoms with E-state index in [-0.39, 0.29) is 11.4 Å². The van der Waals surface area contributed by atoms with Crippen LogP contribution in [0.5, 0.6) is 5.75 Å². The molecule has 0 atom stereocenters. The zero-order valence-electron chi connectivity index (χ0n) is 8.44. The van der Waals surface area contributed by atoms with E-state index in [4.69, 9.17) is 11.6 Å². The van der Waals surface area contributed by atoms with Crippen molar-refractivity contribution in [1.29, 1.82) is 0 Å². The first kappa shape index (κ1) is 12.5. The van der Waals surface area contributed by atoms with E-state index < -0.39 is 4.92 Å². The zero-order chi connectivity index (χ0) is 12.1. The molecule has 6 heteroatoms. The molecule has 1 aromatic rings. The number of nitro benzene ring substituents is 1. The first-order valence-corrected chi connectivity index (χ1v) is 4.89. The summed E-state index contributed by atoms with van der Waals surface area (Å²) in [6, 6.07) is 4.22. The van der Waals surface area contributed by atoms with Gasteiger partial charge < -0.3 is 10.4 Å². The Bertz CT molecular complexity index is 421. The first-order valence-electron chi connectivity index (χ1n) is 4.51. The lowest BCUT2D eigenvalue weighted by Gasteiger charge is -2.04. The molecule has 0 radical (unpaired) electrons. The molecular formula is C10H11ClN2O3. The maximum atomic E-state index is 10.5. The number of benzene rings is 1. The van der Waals surface area contributed by atoms with Gasteiger partial charge in [-0.15, -0.1) is 0 Å². The molecule has 0 aromatic heterocycles. The van der Waals surface area contributed by atoms with Gasteiger partial charge in [-0.25, -0.2) is 0 Å². The van der Waals surface area contributed by atoms with E-state index in [1.54, 1.807) is 6.07 Å². The maximum Gasteiger partial charge on any atom is 0.311 e. The number of aromatic hydroxyl groups is 1. The van der Waals surface area contributed by atoms with Crippen LogP contribution in [-0.4, -0.2) is 16.6 Å². The molecule has 0 aliphatic carbocycles. The van der Waals surface area contributed by atoms with E-state index >= 15 is 0 Å². The summed E-state index contributed by atoms with van der Waals surface area (Å²) in [4.78, 5) is 9.92. The van der Waals surface area contributed by atoms with Gasteiger partial charge in [0.05, 0.1) is 4.92 Å². The van der Waals surface area contributed by atoms with Gasteiger partial charge in [0.2, 0.25) is 0 Å². The zero-order valence-corrected chi connectivity index (χ0v) is 9.20. The number of rotatable bonds is 5. The molecule has 2 N–H and O–H groups in total. The summed E-state index contributed by atoms with van der Waals surface area (Å²) in [6.45, 7) is 4.35. The third kappa shape index (κ3) is 3.52. The van der Waals surface area contributed by atoms with Crippen molar-refractivity contribution in [3.63, 3.8) is 0 Å². The quantitative estimate of drug-likeness (QED) is 0.613. The number of phenols is 1. The monoisotopic (exact) mass is 242 g/mol. The summed E-state index contributed by atoms with van der Waals surface area (Å²) in [5, 5.41) is 23.2. The lowest BCUT2D eigenvalue weighted by molar-refractivity contribution is -0.385. The van der Waals surface area contributed by atoms with Crippen molar-refractivity contribution in [3.05, 3.63) is 45.5 Å². The van der Waals surface area contributed by atoms with Crippen LogP contribution in [0.15, 0.2) is 29.8 Å². The minimum absolute atomic E-state index is 0.302. The van der Waals surface area contributed by atoms with E-state index in [2.05, 4.69) is 11.9 Å². The Hall–Kier alpha value is -1.59. The molecule has 86 valence electrons. The molecule has 0 saturated heterocycles. The van der Waals surface area contributed by atoms with Gasteiger partial charge in [0.25, 0.3) is 0 Å². The average molecular weight is 243 g/mol. The molecule has 0 heterocycles. The van der Waals surface area contributed by atoms with E-state index in [0.29, 0.717) is 23.7 Å². The largest absolute Gasteiger partial charge is 0.502 e. The maximum absolute atomic E-state index is 10.5. The summed E-state index contributed by atoms with van der Waals surface area (Å²) < 4.78 is 0. The fourth-order valence-electron chi connectivity index (χ4n) is 1.17. The minimum Gasteiger partial charge on any atom is -0.502 e. The Labute approximate surface area is 97.5 Å². The molecule has 16 heavy (non-hydrogen) atoms. The Balaban J connectivity index is 2.71. The molecular weight excluding hydrogens is 232 g/mol. The third-order valence-electron chi connectivity index (χ3n) is 1.88. The standard InChI is InChI=1S/C10H11ClN2O3/c1-7(11)5-12-6-8-2-3-10(14)9(4-8)13(15)16/h2-4,12,14H,1,5-6H2. The second kappa shape index (κ2) is 5.48. The fourth-order valence-corrected chi connectivity index (χ4v) is 1.26. The molecule has 1 rings (SSSR count). The van der Waals surface area contributed by atoms with Crippen LogP contribution in [-0.2, 0) is 6.54 Å². The predicted molar refractivity (Wildman–Crippen MR) is 61.5 cm³/mol. The molecule has 0 fully saturated rings. The SMILES string of the molecule is C=C(Cl)CNCc1ccc(O)c([N+](=O)[O-])c1. The van der Waals surface area contributed by atoms with Crippen molar-refractivity contribution in [2.45, 2.75) is 6.54 Å². The van der Waals surface area contributed by atoms with Crippen LogP contribution in [0, 0.1) is 10.1 Å². The highest BCUT2D eigenvalue weighted by atomic mass is 35.5. The van der Waals surface area contributed by atoms with Crippen LogP contribution in [0.2, 0.25) is 0 Å². The smallest absolute Gasteiger partial charge is 0.311 e. The highest BCUT2D eigenvalue weighted by Gasteiger charge is 2.13. The highest BCUT2D eigenvalue weighted by molar-refractivity contribution is 6.29. The van der Waals surface area contributed by atoms with Gasteiger partial charge in [-0.1, -0.05) is 24.2 Å². The van der Waals surface area contributed by atoms with Crippen molar-refractivity contribution >= 4 is 17.3 Å². The van der Waals surface area contributed by atoms with Crippen molar-refractivity contribution in [3.8, 4) is 5.75 Å². The summed E-state index contributed by atoms with van der Waals surface area (Å²) in [5.41, 5.74) is 0.395.